The number of nitrogens with one attached hydrogen (secondary N) is 1. The molecule has 0 bridgehead atoms. The molecule has 3 aromatic carbocycles. The zero-order chi connectivity index (χ0) is 25.1. The van der Waals surface area contributed by atoms with Crippen molar-refractivity contribution in [1.82, 2.24) is 4.98 Å². The zero-order valence-corrected chi connectivity index (χ0v) is 28.6. The molecule has 37 heavy (non-hydrogen) atoms. The number of anilines is 2. The van der Waals surface area contributed by atoms with Crippen LogP contribution in [-0.2, 0) is 30.4 Å². The second-order valence-electron chi connectivity index (χ2n) is 7.00. The second kappa shape index (κ2) is 12.8. The van der Waals surface area contributed by atoms with Gasteiger partial charge in [0.25, 0.3) is 0 Å². The number of hydrogen-bond donors (Lipinski definition) is 1. The van der Waals surface area contributed by atoms with Crippen LogP contribution >= 0.6 is 11.6 Å². The van der Waals surface area contributed by atoms with Crippen LogP contribution in [0.1, 0.15) is 0 Å². The fourth-order valence-corrected chi connectivity index (χ4v) is 5.44. The molecule has 0 unspecified atom stereocenters. The summed E-state index contributed by atoms with van der Waals surface area (Å²) in [6, 6.07) is 8.61. The Labute approximate surface area is 283 Å². The summed E-state index contributed by atoms with van der Waals surface area (Å²) < 4.78 is 106. The average Bonchev–Trinajstić information content (AvgIpc) is 2.70. The maximum Gasteiger partial charge on any atom is 1.00 e. The van der Waals surface area contributed by atoms with Gasteiger partial charge < -0.3 is 19.0 Å². The van der Waals surface area contributed by atoms with Crippen molar-refractivity contribution < 1.29 is 128 Å². The first-order valence-electron chi connectivity index (χ1n) is 8.95. The van der Waals surface area contributed by atoms with Crippen LogP contribution in [0.3, 0.4) is 0 Å². The minimum absolute atomic E-state index is 0. The molecule has 0 saturated carbocycles. The number of aromatic nitrogens is 1. The summed E-state index contributed by atoms with van der Waals surface area (Å²) in [6.45, 7) is 0. The molecular weight excluding hydrogens is 601 g/mol. The maximum atomic E-state index is 12.0. The Morgan fingerprint density at radius 1 is 0.703 bits per heavy atom. The summed E-state index contributed by atoms with van der Waals surface area (Å²) >= 11 is 5.97. The molecule has 0 radical (unpaired) electrons. The van der Waals surface area contributed by atoms with Crippen molar-refractivity contribution in [2.24, 2.45) is 0 Å². The van der Waals surface area contributed by atoms with Crippen LogP contribution < -0.4 is 94.0 Å². The van der Waals surface area contributed by atoms with Crippen molar-refractivity contribution >= 4 is 75.0 Å². The molecule has 1 aromatic heterocycles. The molecule has 1 N–H and O–H groups in total. The molecule has 4 rings (SSSR count). The first-order chi connectivity index (χ1) is 15.6. The molecule has 0 amide bonds. The van der Waals surface area contributed by atoms with Gasteiger partial charge in [0.05, 0.1) is 20.2 Å². The Hall–Kier alpha value is 0.150. The number of benzene rings is 3. The predicted molar refractivity (Wildman–Crippen MR) is 118 cm³/mol. The Morgan fingerprint density at radius 3 is 1.81 bits per heavy atom. The Bertz CT molecular complexity index is 1830. The Balaban J connectivity index is 0.00000228. The van der Waals surface area contributed by atoms with Crippen LogP contribution in [0.25, 0.3) is 21.7 Å². The van der Waals surface area contributed by atoms with Gasteiger partial charge in [-0.2, -0.15) is 0 Å². The number of nitrogens with zero attached hydrogens (tertiary/aromatic N) is 1. The van der Waals surface area contributed by atoms with E-state index in [1.807, 2.05) is 0 Å². The predicted octanol–water partition coefficient (Wildman–Crippen LogP) is -6.49. The number of hydrogen-bond acceptors (Lipinski definition) is 11. The molecule has 4 aromatic rings. The monoisotopic (exact) mass is 610 g/mol. The third-order valence-electron chi connectivity index (χ3n) is 4.78. The fraction of sp³-hybridized carbons (Fsp3) is 0. The van der Waals surface area contributed by atoms with E-state index in [-0.39, 0.29) is 100 Å². The van der Waals surface area contributed by atoms with E-state index >= 15 is 0 Å². The standard InChI is InChI=1S/C19H13ClN2O9S3.3Na/c20-11-1-2-14-15(3-4-21-16(14)7-11)22-17-8-12(32(23,24)25)5-10-6-13(33(26,27)28)9-18(19(10)17)34(29,30)31;;;/h1-9H,(H,21,22)(H,23,24,25)(H,26,27,28)(H,29,30,31);;;/q;3*+1/p-3. The quantitative estimate of drug-likeness (QED) is 0.167. The minimum atomic E-state index is -5.37. The normalized spacial score (nSPS) is 11.8. The van der Waals surface area contributed by atoms with Crippen LogP contribution in [0.5, 0.6) is 0 Å². The van der Waals surface area contributed by atoms with Crippen molar-refractivity contribution in [3.05, 3.63) is 59.8 Å². The van der Waals surface area contributed by atoms with Gasteiger partial charge in [0.15, 0.2) is 0 Å². The van der Waals surface area contributed by atoms with Gasteiger partial charge in [0.1, 0.15) is 30.4 Å². The summed E-state index contributed by atoms with van der Waals surface area (Å²) in [7, 11) is -15.8. The molecular formula is C19H10ClN2Na3O9S3. The largest absolute Gasteiger partial charge is 1.00 e. The van der Waals surface area contributed by atoms with Crippen molar-refractivity contribution in [3.63, 3.8) is 0 Å². The molecule has 0 saturated heterocycles. The summed E-state index contributed by atoms with van der Waals surface area (Å²) in [5.74, 6) is 0. The van der Waals surface area contributed by atoms with E-state index < -0.39 is 55.8 Å². The first kappa shape index (κ1) is 35.2. The van der Waals surface area contributed by atoms with Gasteiger partial charge in [0, 0.05) is 33.4 Å². The summed E-state index contributed by atoms with van der Waals surface area (Å²) in [5.41, 5.74) is 0.350. The number of fused-ring (bicyclic) bond motifs is 2. The van der Waals surface area contributed by atoms with Crippen molar-refractivity contribution in [3.8, 4) is 0 Å². The molecule has 178 valence electrons. The van der Waals surface area contributed by atoms with Crippen LogP contribution in [0.4, 0.5) is 11.4 Å². The van der Waals surface area contributed by atoms with Gasteiger partial charge in [-0.25, -0.2) is 25.3 Å². The van der Waals surface area contributed by atoms with E-state index in [1.165, 1.54) is 24.4 Å². The molecule has 0 spiro atoms. The molecule has 18 heteroatoms. The number of pyridine rings is 1. The third-order valence-corrected chi connectivity index (χ3v) is 7.50. The van der Waals surface area contributed by atoms with E-state index in [2.05, 4.69) is 10.3 Å². The van der Waals surface area contributed by atoms with Gasteiger partial charge in [-0.05, 0) is 53.9 Å². The number of halogens is 1. The molecule has 0 aliphatic rings. The summed E-state index contributed by atoms with van der Waals surface area (Å²) in [4.78, 5) is 1.09. The fourth-order valence-electron chi connectivity index (χ4n) is 3.38. The third kappa shape index (κ3) is 7.88. The van der Waals surface area contributed by atoms with E-state index in [1.54, 1.807) is 6.07 Å². The topological polar surface area (TPSA) is 197 Å². The van der Waals surface area contributed by atoms with Crippen molar-refractivity contribution in [2.75, 3.05) is 5.32 Å². The van der Waals surface area contributed by atoms with Crippen LogP contribution in [0, 0.1) is 0 Å². The van der Waals surface area contributed by atoms with Gasteiger partial charge in [0.2, 0.25) is 0 Å². The SMILES string of the molecule is O=S(=O)([O-])c1cc(Nc2ccnc3cc(Cl)ccc23)c2c(S(=O)(=O)[O-])cc(S(=O)(=O)[O-])cc2c1.[Na+].[Na+].[Na+]. The van der Waals surface area contributed by atoms with Crippen LogP contribution in [-0.4, -0.2) is 43.9 Å². The van der Waals surface area contributed by atoms with E-state index in [0.717, 1.165) is 6.07 Å². The average molecular weight is 611 g/mol. The molecule has 11 nitrogen and oxygen atoms in total. The van der Waals surface area contributed by atoms with Gasteiger partial charge >= 0.3 is 88.7 Å². The molecule has 0 aliphatic carbocycles. The molecule has 0 fully saturated rings. The molecule has 0 atom stereocenters. The van der Waals surface area contributed by atoms with Crippen LogP contribution in [0.2, 0.25) is 5.02 Å². The van der Waals surface area contributed by atoms with Crippen molar-refractivity contribution in [2.45, 2.75) is 14.7 Å². The van der Waals surface area contributed by atoms with E-state index in [0.29, 0.717) is 34.1 Å². The van der Waals surface area contributed by atoms with Gasteiger partial charge in [-0.1, -0.05) is 11.6 Å². The summed E-state index contributed by atoms with van der Waals surface area (Å²) in [6.07, 6.45) is 1.37. The minimum Gasteiger partial charge on any atom is -0.744 e. The Morgan fingerprint density at radius 2 is 1.27 bits per heavy atom. The summed E-state index contributed by atoms with van der Waals surface area (Å²) in [5, 5.41) is 2.73. The van der Waals surface area contributed by atoms with Crippen molar-refractivity contribution in [1.29, 1.82) is 0 Å². The Kier molecular flexibility index (Phi) is 12.1. The zero-order valence-electron chi connectivity index (χ0n) is 19.4. The van der Waals surface area contributed by atoms with Crippen LogP contribution in [0.15, 0.2) is 69.4 Å². The van der Waals surface area contributed by atoms with Gasteiger partial charge in [-0.3, -0.25) is 4.98 Å². The maximum absolute atomic E-state index is 12.0. The first-order valence-corrected chi connectivity index (χ1v) is 13.6. The molecule has 0 aliphatic heterocycles. The van der Waals surface area contributed by atoms with E-state index in [4.69, 9.17) is 11.6 Å². The molecule has 1 heterocycles. The van der Waals surface area contributed by atoms with E-state index in [9.17, 15) is 38.9 Å². The second-order valence-corrected chi connectivity index (χ2v) is 11.5. The van der Waals surface area contributed by atoms with Gasteiger partial charge in [-0.15, -0.1) is 0 Å². The smallest absolute Gasteiger partial charge is 0.744 e. The number of rotatable bonds is 5.